The van der Waals surface area contributed by atoms with Gasteiger partial charge in [-0.05, 0) is 65.3 Å². The molecule has 0 unspecified atom stereocenters. The van der Waals surface area contributed by atoms with Crippen LogP contribution in [0.3, 0.4) is 0 Å². The van der Waals surface area contributed by atoms with Gasteiger partial charge in [0.25, 0.3) is 0 Å². The van der Waals surface area contributed by atoms with Crippen molar-refractivity contribution in [2.24, 2.45) is 5.41 Å². The largest absolute Gasteiger partial charge is 0.351 e. The molecule has 4 nitrogen and oxygen atoms in total. The lowest BCUT2D eigenvalue weighted by molar-refractivity contribution is -0.139. The third-order valence-electron chi connectivity index (χ3n) is 3.06. The highest BCUT2D eigenvalue weighted by atomic mass is 35.5. The number of carbonyl (C=O) groups excluding carboxylic acids is 2. The molecule has 0 atom stereocenters. The van der Waals surface area contributed by atoms with Crippen LogP contribution in [0.25, 0.3) is 0 Å². The van der Waals surface area contributed by atoms with E-state index >= 15 is 0 Å². The van der Waals surface area contributed by atoms with E-state index in [-0.39, 0.29) is 17.4 Å². The van der Waals surface area contributed by atoms with Crippen LogP contribution in [0.2, 0.25) is 5.02 Å². The topological polar surface area (TPSA) is 58.2 Å². The number of carbonyl (C=O) groups is 2. The summed E-state index contributed by atoms with van der Waals surface area (Å²) in [6.07, 6.45) is 0. The fraction of sp³-hybridized carbons (Fsp3) is 0.500. The third kappa shape index (κ3) is 4.74. The number of amides is 2. The number of nitrogens with one attached hydrogen (secondary N) is 2. The van der Waals surface area contributed by atoms with E-state index in [9.17, 15) is 9.59 Å². The summed E-state index contributed by atoms with van der Waals surface area (Å²) in [4.78, 5) is 24.7. The molecule has 0 saturated carbocycles. The molecule has 1 aromatic rings. The first-order valence-electron chi connectivity index (χ1n) is 6.84. The fourth-order valence-electron chi connectivity index (χ4n) is 1.65. The molecule has 1 rings (SSSR count). The molecule has 2 N–H and O–H groups in total. The van der Waals surface area contributed by atoms with Gasteiger partial charge in [0.1, 0.15) is 5.41 Å². The summed E-state index contributed by atoms with van der Waals surface area (Å²) in [5.74, 6) is -0.659. The smallest absolute Gasteiger partial charge is 0.239 e. The number of rotatable bonds is 3. The Morgan fingerprint density at radius 3 is 2.10 bits per heavy atom. The van der Waals surface area contributed by atoms with Crippen LogP contribution in [0.15, 0.2) is 18.2 Å². The van der Waals surface area contributed by atoms with Crippen molar-refractivity contribution >= 4 is 29.1 Å². The maximum absolute atomic E-state index is 12.4. The summed E-state index contributed by atoms with van der Waals surface area (Å²) < 4.78 is 0. The van der Waals surface area contributed by atoms with E-state index in [1.165, 1.54) is 0 Å². The SMILES string of the molecule is Cc1cc(Cl)ccc1NC(=O)C(C)(C)C(=O)NC(C)(C)C. The molecule has 116 valence electrons. The first-order chi connectivity index (χ1) is 9.43. The number of halogens is 1. The van der Waals surface area contributed by atoms with E-state index in [0.717, 1.165) is 5.56 Å². The van der Waals surface area contributed by atoms with Gasteiger partial charge in [-0.1, -0.05) is 11.6 Å². The minimum absolute atomic E-state index is 0.306. The number of hydrogen-bond donors (Lipinski definition) is 2. The molecule has 0 fully saturated rings. The van der Waals surface area contributed by atoms with E-state index in [2.05, 4.69) is 10.6 Å². The predicted octanol–water partition coefficient (Wildman–Crippen LogP) is 3.53. The first kappa shape index (κ1) is 17.5. The zero-order chi connectivity index (χ0) is 16.4. The quantitative estimate of drug-likeness (QED) is 0.839. The van der Waals surface area contributed by atoms with E-state index in [4.69, 9.17) is 11.6 Å². The standard InChI is InChI=1S/C16H23ClN2O2/c1-10-9-11(17)7-8-12(10)18-13(20)16(5,6)14(21)19-15(2,3)4/h7-9H,1-6H3,(H,18,20)(H,19,21). The van der Waals surface area contributed by atoms with Gasteiger partial charge >= 0.3 is 0 Å². The van der Waals surface area contributed by atoms with Gasteiger partial charge in [-0.15, -0.1) is 0 Å². The third-order valence-corrected chi connectivity index (χ3v) is 3.30. The van der Waals surface area contributed by atoms with Crippen molar-refractivity contribution in [2.75, 3.05) is 5.32 Å². The van der Waals surface area contributed by atoms with Crippen LogP contribution in [0.4, 0.5) is 5.69 Å². The Kier molecular flexibility index (Phi) is 5.05. The molecule has 0 aliphatic heterocycles. The van der Waals surface area contributed by atoms with Gasteiger partial charge in [-0.3, -0.25) is 9.59 Å². The van der Waals surface area contributed by atoms with Crippen molar-refractivity contribution < 1.29 is 9.59 Å². The van der Waals surface area contributed by atoms with Gasteiger partial charge in [0.2, 0.25) is 11.8 Å². The van der Waals surface area contributed by atoms with E-state index < -0.39 is 5.41 Å². The van der Waals surface area contributed by atoms with Crippen LogP contribution in [-0.4, -0.2) is 17.4 Å². The van der Waals surface area contributed by atoms with Gasteiger partial charge in [0.15, 0.2) is 0 Å². The maximum atomic E-state index is 12.4. The summed E-state index contributed by atoms with van der Waals surface area (Å²) in [5.41, 5.74) is -0.0478. The summed E-state index contributed by atoms with van der Waals surface area (Å²) >= 11 is 5.89. The highest BCUT2D eigenvalue weighted by molar-refractivity contribution is 6.30. The van der Waals surface area contributed by atoms with Crippen LogP contribution >= 0.6 is 11.6 Å². The van der Waals surface area contributed by atoms with Crippen LogP contribution in [-0.2, 0) is 9.59 Å². The Labute approximate surface area is 131 Å². The lowest BCUT2D eigenvalue weighted by atomic mass is 9.89. The second-order valence-corrected chi connectivity index (χ2v) is 7.18. The Bertz CT molecular complexity index is 560. The molecule has 0 saturated heterocycles. The van der Waals surface area contributed by atoms with Gasteiger partial charge in [-0.2, -0.15) is 0 Å². The monoisotopic (exact) mass is 310 g/mol. The van der Waals surface area contributed by atoms with Gasteiger partial charge in [-0.25, -0.2) is 0 Å². The second kappa shape index (κ2) is 6.06. The van der Waals surface area contributed by atoms with Crippen molar-refractivity contribution in [3.63, 3.8) is 0 Å². The van der Waals surface area contributed by atoms with Crippen molar-refractivity contribution in [1.82, 2.24) is 5.32 Å². The zero-order valence-electron chi connectivity index (χ0n) is 13.4. The highest BCUT2D eigenvalue weighted by Gasteiger charge is 2.37. The molecule has 0 bridgehead atoms. The molecular weight excluding hydrogens is 288 g/mol. The molecule has 1 aromatic carbocycles. The van der Waals surface area contributed by atoms with Crippen molar-refractivity contribution in [1.29, 1.82) is 0 Å². The fourth-order valence-corrected chi connectivity index (χ4v) is 1.87. The molecule has 0 aliphatic rings. The summed E-state index contributed by atoms with van der Waals surface area (Å²) in [5, 5.41) is 6.22. The highest BCUT2D eigenvalue weighted by Crippen LogP contribution is 2.24. The normalized spacial score (nSPS) is 12.0. The van der Waals surface area contributed by atoms with Crippen LogP contribution in [0.1, 0.15) is 40.2 Å². The minimum Gasteiger partial charge on any atom is -0.351 e. The van der Waals surface area contributed by atoms with Crippen molar-refractivity contribution in [3.05, 3.63) is 28.8 Å². The number of benzene rings is 1. The van der Waals surface area contributed by atoms with E-state index in [1.807, 2.05) is 27.7 Å². The van der Waals surface area contributed by atoms with Crippen LogP contribution in [0, 0.1) is 12.3 Å². The van der Waals surface area contributed by atoms with Crippen molar-refractivity contribution in [3.8, 4) is 0 Å². The Hall–Kier alpha value is -1.55. The van der Waals surface area contributed by atoms with E-state index in [0.29, 0.717) is 10.7 Å². The summed E-state index contributed by atoms with van der Waals surface area (Å²) in [7, 11) is 0. The molecule has 0 heterocycles. The molecular formula is C16H23ClN2O2. The molecule has 0 aliphatic carbocycles. The number of anilines is 1. The number of aryl methyl sites for hydroxylation is 1. The Morgan fingerprint density at radius 1 is 1.05 bits per heavy atom. The van der Waals surface area contributed by atoms with Gasteiger partial charge < -0.3 is 10.6 Å². The van der Waals surface area contributed by atoms with Gasteiger partial charge in [0, 0.05) is 16.2 Å². The van der Waals surface area contributed by atoms with Gasteiger partial charge in [0.05, 0.1) is 0 Å². The Morgan fingerprint density at radius 2 is 1.62 bits per heavy atom. The molecule has 0 radical (unpaired) electrons. The molecule has 0 aromatic heterocycles. The predicted molar refractivity (Wildman–Crippen MR) is 86.5 cm³/mol. The minimum atomic E-state index is -1.17. The van der Waals surface area contributed by atoms with Crippen LogP contribution in [0.5, 0.6) is 0 Å². The summed E-state index contributed by atoms with van der Waals surface area (Å²) in [6.45, 7) is 10.7. The van der Waals surface area contributed by atoms with Crippen molar-refractivity contribution in [2.45, 2.75) is 47.1 Å². The molecule has 5 heteroatoms. The molecule has 0 spiro atoms. The van der Waals surface area contributed by atoms with Crippen LogP contribution < -0.4 is 10.6 Å². The molecule has 2 amide bonds. The Balaban J connectivity index is 2.89. The first-order valence-corrected chi connectivity index (χ1v) is 7.21. The average molecular weight is 311 g/mol. The second-order valence-electron chi connectivity index (χ2n) is 6.74. The number of hydrogen-bond acceptors (Lipinski definition) is 2. The maximum Gasteiger partial charge on any atom is 0.239 e. The average Bonchev–Trinajstić information content (AvgIpc) is 2.30. The molecule has 21 heavy (non-hydrogen) atoms. The lowest BCUT2D eigenvalue weighted by Crippen LogP contribution is -2.51. The zero-order valence-corrected chi connectivity index (χ0v) is 14.2. The summed E-state index contributed by atoms with van der Waals surface area (Å²) in [6, 6.07) is 5.19. The lowest BCUT2D eigenvalue weighted by Gasteiger charge is -2.28. The van der Waals surface area contributed by atoms with E-state index in [1.54, 1.807) is 32.0 Å².